The predicted octanol–water partition coefficient (Wildman–Crippen LogP) is 6.89. The molecule has 1 amide bonds. The number of halogens is 3. The number of ketones is 1. The fraction of sp³-hybridized carbons (Fsp3) is 0.419. The number of alkyl halides is 3. The van der Waals surface area contributed by atoms with E-state index in [1.54, 1.807) is 29.4 Å². The number of likely N-dealkylation sites (tertiary alicyclic amines) is 1. The lowest BCUT2D eigenvalue weighted by molar-refractivity contribution is -0.143. The summed E-state index contributed by atoms with van der Waals surface area (Å²) in [6.45, 7) is 6.77. The minimum atomic E-state index is -4.34. The van der Waals surface area contributed by atoms with Gasteiger partial charge in [0.25, 0.3) is 0 Å². The third kappa shape index (κ3) is 7.18. The van der Waals surface area contributed by atoms with E-state index in [2.05, 4.69) is 10.1 Å². The highest BCUT2D eigenvalue weighted by Gasteiger charge is 2.29. The topological polar surface area (TPSA) is 81.7 Å². The summed E-state index contributed by atoms with van der Waals surface area (Å²) >= 11 is 0. The fourth-order valence-electron chi connectivity index (χ4n) is 5.16. The first-order valence-electron chi connectivity index (χ1n) is 14.0. The summed E-state index contributed by atoms with van der Waals surface area (Å²) < 4.78 is 46.8. The maximum atomic E-state index is 12.6. The number of piperidine rings is 1. The minimum absolute atomic E-state index is 0.0503. The second-order valence-corrected chi connectivity index (χ2v) is 11.7. The van der Waals surface area contributed by atoms with Crippen molar-refractivity contribution in [3.8, 4) is 22.4 Å². The molecule has 4 aromatic rings. The lowest BCUT2D eigenvalue weighted by Gasteiger charge is -2.34. The van der Waals surface area contributed by atoms with Gasteiger partial charge in [0.1, 0.15) is 17.0 Å². The zero-order chi connectivity index (χ0) is 30.1. The van der Waals surface area contributed by atoms with Crippen LogP contribution in [-0.2, 0) is 16.0 Å². The molecule has 0 N–H and O–H groups in total. The van der Waals surface area contributed by atoms with E-state index in [9.17, 15) is 22.8 Å². The van der Waals surface area contributed by atoms with Gasteiger partial charge in [0.2, 0.25) is 0 Å². The summed E-state index contributed by atoms with van der Waals surface area (Å²) in [7, 11) is 0. The standard InChI is InChI=1S/C31H34F3N5O3/c1-30(2,3)42-29(41)37-12-5-8-25(20-37)39-19-24(17-36-39)22-10-13-38-27(18-35-28(38)16-22)23-7-4-6-21(14-23)15-26(40)9-11-31(32,33)34/h4,6-7,10,13-14,16-19,25H,5,8-9,11-12,15,20H2,1-3H3. The van der Waals surface area contributed by atoms with E-state index in [0.717, 1.165) is 40.9 Å². The Bertz CT molecular complexity index is 1580. The third-order valence-electron chi connectivity index (χ3n) is 7.18. The maximum Gasteiger partial charge on any atom is 0.410 e. The van der Waals surface area contributed by atoms with Gasteiger partial charge in [0, 0.05) is 49.5 Å². The van der Waals surface area contributed by atoms with Gasteiger partial charge in [-0.25, -0.2) is 9.78 Å². The summed E-state index contributed by atoms with van der Waals surface area (Å²) in [5.74, 6) is -0.446. The fourth-order valence-corrected chi connectivity index (χ4v) is 5.16. The largest absolute Gasteiger partial charge is 0.444 e. The third-order valence-corrected chi connectivity index (χ3v) is 7.18. The molecule has 0 aliphatic carbocycles. The number of imidazole rings is 1. The number of aromatic nitrogens is 4. The van der Waals surface area contributed by atoms with Crippen molar-refractivity contribution < 1.29 is 27.5 Å². The molecule has 1 aromatic carbocycles. The van der Waals surface area contributed by atoms with Gasteiger partial charge in [-0.05, 0) is 62.9 Å². The number of fused-ring (bicyclic) bond motifs is 1. The van der Waals surface area contributed by atoms with Crippen LogP contribution < -0.4 is 0 Å². The van der Waals surface area contributed by atoms with Gasteiger partial charge in [0.05, 0.1) is 30.6 Å². The zero-order valence-electron chi connectivity index (χ0n) is 23.9. The van der Waals surface area contributed by atoms with Crippen molar-refractivity contribution in [2.45, 2.75) is 70.7 Å². The zero-order valence-corrected chi connectivity index (χ0v) is 23.9. The van der Waals surface area contributed by atoms with Crippen molar-refractivity contribution in [3.05, 3.63) is 66.7 Å². The van der Waals surface area contributed by atoms with Gasteiger partial charge in [0.15, 0.2) is 0 Å². The highest BCUT2D eigenvalue weighted by atomic mass is 19.4. The molecule has 0 saturated carbocycles. The summed E-state index contributed by atoms with van der Waals surface area (Å²) in [5.41, 5.74) is 4.32. The quantitative estimate of drug-likeness (QED) is 0.237. The summed E-state index contributed by atoms with van der Waals surface area (Å²) in [6, 6.07) is 11.2. The van der Waals surface area contributed by atoms with Crippen molar-refractivity contribution >= 4 is 17.5 Å². The molecule has 3 aromatic heterocycles. The Kier molecular flexibility index (Phi) is 8.12. The Hall–Kier alpha value is -4.15. The Morgan fingerprint density at radius 1 is 1.05 bits per heavy atom. The van der Waals surface area contributed by atoms with Crippen LogP contribution in [0.3, 0.4) is 0 Å². The number of amides is 1. The number of hydrogen-bond acceptors (Lipinski definition) is 5. The molecule has 8 nitrogen and oxygen atoms in total. The average Bonchev–Trinajstić information content (AvgIpc) is 3.58. The molecule has 1 saturated heterocycles. The molecule has 1 unspecified atom stereocenters. The highest BCUT2D eigenvalue weighted by molar-refractivity contribution is 5.81. The molecule has 1 aliphatic heterocycles. The number of pyridine rings is 1. The molecule has 0 radical (unpaired) electrons. The summed E-state index contributed by atoms with van der Waals surface area (Å²) in [5, 5.41) is 4.60. The van der Waals surface area contributed by atoms with E-state index in [-0.39, 0.29) is 18.6 Å². The molecule has 0 bridgehead atoms. The van der Waals surface area contributed by atoms with E-state index in [1.165, 1.54) is 0 Å². The van der Waals surface area contributed by atoms with Gasteiger partial charge >= 0.3 is 12.3 Å². The lowest BCUT2D eigenvalue weighted by Crippen LogP contribution is -2.43. The number of benzene rings is 1. The van der Waals surface area contributed by atoms with Crippen LogP contribution in [0.4, 0.5) is 18.0 Å². The summed E-state index contributed by atoms with van der Waals surface area (Å²) in [4.78, 5) is 31.0. The number of nitrogens with zero attached hydrogens (tertiary/aromatic N) is 5. The smallest absolute Gasteiger partial charge is 0.410 e. The minimum Gasteiger partial charge on any atom is -0.444 e. The first kappa shape index (κ1) is 29.3. The van der Waals surface area contributed by atoms with E-state index < -0.39 is 30.4 Å². The van der Waals surface area contributed by atoms with Gasteiger partial charge < -0.3 is 9.64 Å². The maximum absolute atomic E-state index is 12.6. The first-order valence-corrected chi connectivity index (χ1v) is 14.0. The van der Waals surface area contributed by atoms with Crippen molar-refractivity contribution in [1.29, 1.82) is 0 Å². The van der Waals surface area contributed by atoms with E-state index in [1.807, 2.05) is 66.5 Å². The van der Waals surface area contributed by atoms with Gasteiger partial charge in [-0.15, -0.1) is 0 Å². The second kappa shape index (κ2) is 11.6. The Balaban J connectivity index is 1.29. The molecule has 1 aliphatic rings. The number of ether oxygens (including phenoxy) is 1. The van der Waals surface area contributed by atoms with Crippen LogP contribution >= 0.6 is 0 Å². The lowest BCUT2D eigenvalue weighted by atomic mass is 10.0. The molecule has 1 atom stereocenters. The van der Waals surface area contributed by atoms with E-state index in [0.29, 0.717) is 18.7 Å². The number of Topliss-reactive ketones (excluding diaryl/α,β-unsaturated/α-hetero) is 1. The van der Waals surface area contributed by atoms with Crippen molar-refractivity contribution in [2.75, 3.05) is 13.1 Å². The Morgan fingerprint density at radius 3 is 2.62 bits per heavy atom. The molecular formula is C31H34F3N5O3. The normalized spacial score (nSPS) is 16.1. The molecular weight excluding hydrogens is 547 g/mol. The molecule has 222 valence electrons. The van der Waals surface area contributed by atoms with Crippen molar-refractivity contribution in [1.82, 2.24) is 24.1 Å². The van der Waals surface area contributed by atoms with Crippen LogP contribution in [0, 0.1) is 0 Å². The molecule has 1 fully saturated rings. The first-order chi connectivity index (χ1) is 19.8. The number of carbonyl (C=O) groups excluding carboxylic acids is 2. The van der Waals surface area contributed by atoms with Gasteiger partial charge in [-0.1, -0.05) is 18.2 Å². The van der Waals surface area contributed by atoms with Crippen LogP contribution in [-0.4, -0.2) is 60.8 Å². The monoisotopic (exact) mass is 581 g/mol. The Morgan fingerprint density at radius 2 is 1.86 bits per heavy atom. The molecule has 0 spiro atoms. The highest BCUT2D eigenvalue weighted by Crippen LogP contribution is 2.29. The van der Waals surface area contributed by atoms with E-state index >= 15 is 0 Å². The molecule has 4 heterocycles. The van der Waals surface area contributed by atoms with Crippen molar-refractivity contribution in [2.24, 2.45) is 0 Å². The summed E-state index contributed by atoms with van der Waals surface area (Å²) in [6.07, 6.45) is 2.89. The molecule has 42 heavy (non-hydrogen) atoms. The number of carbonyl (C=O) groups is 2. The van der Waals surface area contributed by atoms with Gasteiger partial charge in [-0.3, -0.25) is 13.9 Å². The molecule has 5 rings (SSSR count). The van der Waals surface area contributed by atoms with Gasteiger partial charge in [-0.2, -0.15) is 18.3 Å². The van der Waals surface area contributed by atoms with Crippen LogP contribution in [0.1, 0.15) is 58.1 Å². The number of rotatable bonds is 7. The van der Waals surface area contributed by atoms with Crippen LogP contribution in [0.5, 0.6) is 0 Å². The number of hydrogen-bond donors (Lipinski definition) is 0. The SMILES string of the molecule is CC(C)(C)OC(=O)N1CCCC(n2cc(-c3ccn4c(-c5cccc(CC(=O)CCC(F)(F)F)c5)cnc4c3)cn2)C1. The van der Waals surface area contributed by atoms with E-state index in [4.69, 9.17) is 4.74 Å². The predicted molar refractivity (Wildman–Crippen MR) is 152 cm³/mol. The van der Waals surface area contributed by atoms with Crippen LogP contribution in [0.25, 0.3) is 28.0 Å². The second-order valence-electron chi connectivity index (χ2n) is 11.7. The van der Waals surface area contributed by atoms with Crippen LogP contribution in [0.2, 0.25) is 0 Å². The van der Waals surface area contributed by atoms with Crippen LogP contribution in [0.15, 0.2) is 61.2 Å². The Labute approximate surface area is 242 Å². The average molecular weight is 582 g/mol. The van der Waals surface area contributed by atoms with Crippen molar-refractivity contribution in [3.63, 3.8) is 0 Å². The molecule has 11 heteroatoms.